The molecule has 1 fully saturated rings. The molecule has 1 aliphatic rings. The molecule has 2 heterocycles. The molecule has 0 aliphatic carbocycles. The number of furan rings is 1. The molecule has 3 aromatic rings. The van der Waals surface area contributed by atoms with Crippen molar-refractivity contribution in [3.63, 3.8) is 0 Å². The predicted molar refractivity (Wildman–Crippen MR) is 125 cm³/mol. The first-order chi connectivity index (χ1) is 15.4. The quantitative estimate of drug-likeness (QED) is 0.390. The molecule has 0 atom stereocenters. The molecule has 0 radical (unpaired) electrons. The van der Waals surface area contributed by atoms with Gasteiger partial charge < -0.3 is 19.6 Å². The van der Waals surface area contributed by atoms with Gasteiger partial charge in [-0.15, -0.1) is 0 Å². The summed E-state index contributed by atoms with van der Waals surface area (Å²) >= 11 is 11.3. The van der Waals surface area contributed by atoms with Gasteiger partial charge in [-0.3, -0.25) is 9.69 Å². The van der Waals surface area contributed by atoms with Crippen LogP contribution in [0, 0.1) is 0 Å². The first-order valence-corrected chi connectivity index (χ1v) is 10.4. The number of benzene rings is 2. The second kappa shape index (κ2) is 8.86. The Labute approximate surface area is 193 Å². The summed E-state index contributed by atoms with van der Waals surface area (Å²) in [5, 5.41) is 12.5. The average Bonchev–Trinajstić information content (AvgIpc) is 3.34. The highest BCUT2D eigenvalue weighted by Gasteiger charge is 2.32. The predicted octanol–water partition coefficient (Wildman–Crippen LogP) is 4.96. The number of rotatable bonds is 6. The molecule has 0 saturated carbocycles. The molecule has 4 rings (SSSR count). The van der Waals surface area contributed by atoms with Gasteiger partial charge in [0.2, 0.25) is 0 Å². The van der Waals surface area contributed by atoms with Gasteiger partial charge in [-0.25, -0.2) is 4.79 Å². The van der Waals surface area contributed by atoms with Gasteiger partial charge in [0.05, 0.1) is 22.9 Å². The summed E-state index contributed by atoms with van der Waals surface area (Å²) in [4.78, 5) is 25.6. The van der Waals surface area contributed by atoms with Gasteiger partial charge in [-0.2, -0.15) is 0 Å². The number of carbonyl (C=O) groups is 2. The third kappa shape index (κ3) is 4.23. The van der Waals surface area contributed by atoms with Crippen LogP contribution in [-0.2, 0) is 4.79 Å². The number of thiocarbonyl (C=S) groups is 1. The fourth-order valence-corrected chi connectivity index (χ4v) is 3.69. The zero-order chi connectivity index (χ0) is 22.8. The van der Waals surface area contributed by atoms with Crippen LogP contribution < -0.4 is 15.0 Å². The molecule has 0 bridgehead atoms. The van der Waals surface area contributed by atoms with Crippen molar-refractivity contribution in [1.29, 1.82) is 0 Å². The number of halogens is 1. The molecular formula is C23H17ClN2O5S. The number of carboxylic acids is 1. The van der Waals surface area contributed by atoms with E-state index in [1.165, 1.54) is 17.0 Å². The largest absolute Gasteiger partial charge is 0.494 e. The van der Waals surface area contributed by atoms with Crippen molar-refractivity contribution >= 4 is 52.6 Å². The molecular weight excluding hydrogens is 452 g/mol. The number of carboxylic acid groups (broad SMARTS) is 1. The Morgan fingerprint density at radius 2 is 1.97 bits per heavy atom. The van der Waals surface area contributed by atoms with E-state index in [0.717, 1.165) is 0 Å². The van der Waals surface area contributed by atoms with Crippen LogP contribution in [0.2, 0.25) is 5.02 Å². The fraction of sp³-hybridized carbons (Fsp3) is 0.0870. The summed E-state index contributed by atoms with van der Waals surface area (Å²) in [7, 11) is 0. The maximum Gasteiger partial charge on any atom is 0.337 e. The number of carbonyl (C=O) groups excluding carboxylic acids is 1. The minimum atomic E-state index is -1.13. The number of hydrogen-bond donors (Lipinski definition) is 2. The Morgan fingerprint density at radius 1 is 1.22 bits per heavy atom. The number of hydrogen-bond acceptors (Lipinski definition) is 5. The minimum Gasteiger partial charge on any atom is -0.494 e. The summed E-state index contributed by atoms with van der Waals surface area (Å²) in [6.07, 6.45) is 1.54. The first-order valence-electron chi connectivity index (χ1n) is 9.60. The molecule has 1 saturated heterocycles. The lowest BCUT2D eigenvalue weighted by atomic mass is 10.1. The summed E-state index contributed by atoms with van der Waals surface area (Å²) in [6.45, 7) is 2.44. The van der Waals surface area contributed by atoms with Crippen LogP contribution in [0.4, 0.5) is 5.69 Å². The Kier molecular flexibility index (Phi) is 5.98. The summed E-state index contributed by atoms with van der Waals surface area (Å²) in [5.41, 5.74) is 1.40. The van der Waals surface area contributed by atoms with Crippen LogP contribution in [-0.4, -0.2) is 28.7 Å². The maximum atomic E-state index is 12.9. The Hall–Kier alpha value is -3.62. The van der Waals surface area contributed by atoms with Gasteiger partial charge in [0.15, 0.2) is 5.11 Å². The van der Waals surface area contributed by atoms with E-state index < -0.39 is 5.97 Å². The van der Waals surface area contributed by atoms with E-state index in [9.17, 15) is 14.7 Å². The number of ether oxygens (including phenoxy) is 1. The molecule has 32 heavy (non-hydrogen) atoms. The average molecular weight is 469 g/mol. The van der Waals surface area contributed by atoms with Gasteiger partial charge in [-0.1, -0.05) is 11.6 Å². The van der Waals surface area contributed by atoms with Gasteiger partial charge in [-0.05, 0) is 73.7 Å². The second-order valence-electron chi connectivity index (χ2n) is 6.76. The third-order valence-corrected chi connectivity index (χ3v) is 5.29. The highest BCUT2D eigenvalue weighted by Crippen LogP contribution is 2.29. The van der Waals surface area contributed by atoms with Gasteiger partial charge in [0.25, 0.3) is 5.91 Å². The second-order valence-corrected chi connectivity index (χ2v) is 7.55. The summed E-state index contributed by atoms with van der Waals surface area (Å²) in [5.74, 6) is 0.0893. The maximum absolute atomic E-state index is 12.9. The van der Waals surface area contributed by atoms with E-state index in [0.29, 0.717) is 35.1 Å². The lowest BCUT2D eigenvalue weighted by molar-refractivity contribution is -0.113. The molecule has 9 heteroatoms. The zero-order valence-corrected chi connectivity index (χ0v) is 18.4. The van der Waals surface area contributed by atoms with Crippen LogP contribution in [0.25, 0.3) is 17.4 Å². The number of nitrogens with one attached hydrogen (secondary N) is 1. The number of anilines is 1. The number of aromatic carboxylic acids is 1. The number of amides is 1. The minimum absolute atomic E-state index is 0.0237. The van der Waals surface area contributed by atoms with E-state index in [4.69, 9.17) is 33.0 Å². The lowest BCUT2D eigenvalue weighted by Crippen LogP contribution is -2.30. The van der Waals surface area contributed by atoms with Crippen LogP contribution >= 0.6 is 23.8 Å². The van der Waals surface area contributed by atoms with E-state index in [1.807, 2.05) is 6.92 Å². The Morgan fingerprint density at radius 3 is 2.66 bits per heavy atom. The van der Waals surface area contributed by atoms with Crippen LogP contribution in [0.3, 0.4) is 0 Å². The summed E-state index contributed by atoms with van der Waals surface area (Å²) in [6, 6.07) is 15.0. The molecule has 0 spiro atoms. The molecule has 0 unspecified atom stereocenters. The Bertz CT molecular complexity index is 1250. The van der Waals surface area contributed by atoms with Crippen molar-refractivity contribution in [3.05, 3.63) is 76.6 Å². The Balaban J connectivity index is 1.57. The molecule has 1 amide bonds. The van der Waals surface area contributed by atoms with Gasteiger partial charge in [0, 0.05) is 11.6 Å². The van der Waals surface area contributed by atoms with Crippen molar-refractivity contribution in [1.82, 2.24) is 5.32 Å². The molecule has 7 nitrogen and oxygen atoms in total. The van der Waals surface area contributed by atoms with Crippen molar-refractivity contribution in [2.75, 3.05) is 11.5 Å². The van der Waals surface area contributed by atoms with Crippen LogP contribution in [0.1, 0.15) is 23.0 Å². The SMILES string of the molecule is CCOc1ccc(N2C(=O)/C(=C/c3ccc(-c4ccc(Cl)c(C(=O)O)c4)o3)NC2=S)cc1. The highest BCUT2D eigenvalue weighted by atomic mass is 35.5. The van der Waals surface area contributed by atoms with E-state index in [2.05, 4.69) is 5.32 Å². The van der Waals surface area contributed by atoms with Gasteiger partial charge >= 0.3 is 5.97 Å². The zero-order valence-electron chi connectivity index (χ0n) is 16.8. The molecule has 1 aliphatic heterocycles. The molecule has 1 aromatic heterocycles. The molecule has 2 N–H and O–H groups in total. The van der Waals surface area contributed by atoms with Crippen molar-refractivity contribution < 1.29 is 23.8 Å². The first kappa shape index (κ1) is 21.6. The third-order valence-electron chi connectivity index (χ3n) is 4.68. The van der Waals surface area contributed by atoms with E-state index in [-0.39, 0.29) is 27.3 Å². The van der Waals surface area contributed by atoms with Crippen LogP contribution in [0.15, 0.2) is 64.7 Å². The highest BCUT2D eigenvalue weighted by molar-refractivity contribution is 7.80. The lowest BCUT2D eigenvalue weighted by Gasteiger charge is -2.14. The monoisotopic (exact) mass is 468 g/mol. The number of nitrogens with zero attached hydrogens (tertiary/aromatic N) is 1. The van der Waals surface area contributed by atoms with E-state index in [1.54, 1.807) is 48.5 Å². The van der Waals surface area contributed by atoms with E-state index >= 15 is 0 Å². The van der Waals surface area contributed by atoms with Crippen molar-refractivity contribution in [2.45, 2.75) is 6.92 Å². The summed E-state index contributed by atoms with van der Waals surface area (Å²) < 4.78 is 11.2. The molecule has 162 valence electrons. The van der Waals surface area contributed by atoms with Crippen LogP contribution in [0.5, 0.6) is 5.75 Å². The topological polar surface area (TPSA) is 92.0 Å². The van der Waals surface area contributed by atoms with Gasteiger partial charge in [0.1, 0.15) is 23.0 Å². The standard InChI is InChI=1S/C23H17ClN2O5S/c1-2-30-15-6-4-14(5-7-15)26-21(27)19(25-23(26)32)12-16-8-10-20(31-16)13-3-9-18(24)17(11-13)22(28)29/h3-12H,2H2,1H3,(H,25,32)(H,28,29)/b19-12-. The fourth-order valence-electron chi connectivity index (χ4n) is 3.20. The van der Waals surface area contributed by atoms with Crippen molar-refractivity contribution in [3.8, 4) is 17.1 Å². The normalized spacial score (nSPS) is 14.7. The van der Waals surface area contributed by atoms with Crippen molar-refractivity contribution in [2.24, 2.45) is 0 Å². The molecule has 2 aromatic carbocycles. The smallest absolute Gasteiger partial charge is 0.337 e.